The molecule has 3 N–H and O–H groups in total. The molecule has 0 saturated carbocycles. The topological polar surface area (TPSA) is 90.9 Å². The molecule has 0 spiro atoms. The zero-order chi connectivity index (χ0) is 20.4. The van der Waals surface area contributed by atoms with Crippen molar-refractivity contribution in [2.24, 2.45) is 0 Å². The summed E-state index contributed by atoms with van der Waals surface area (Å²) < 4.78 is 29.1. The van der Waals surface area contributed by atoms with Gasteiger partial charge in [0, 0.05) is 17.7 Å². The van der Waals surface area contributed by atoms with Crippen LogP contribution in [0.25, 0.3) is 0 Å². The maximum absolute atomic E-state index is 14.5. The first kappa shape index (κ1) is 20.8. The molecule has 0 unspecified atom stereocenters. The van der Waals surface area contributed by atoms with E-state index >= 15 is 0 Å². The van der Waals surface area contributed by atoms with Gasteiger partial charge in [0.25, 0.3) is 5.91 Å². The summed E-state index contributed by atoms with van der Waals surface area (Å²) in [6.45, 7) is 2.35. The number of aliphatic carboxylic acids is 1. The van der Waals surface area contributed by atoms with E-state index in [9.17, 15) is 18.4 Å². The van der Waals surface area contributed by atoms with E-state index in [0.717, 1.165) is 0 Å². The Kier molecular flexibility index (Phi) is 6.22. The van der Waals surface area contributed by atoms with Gasteiger partial charge in [0.05, 0.1) is 23.5 Å². The monoisotopic (exact) mass is 445 g/mol. The Morgan fingerprint density at radius 1 is 1.33 bits per heavy atom. The Labute approximate surface area is 162 Å². The van der Waals surface area contributed by atoms with Crippen LogP contribution < -0.4 is 10.8 Å². The van der Waals surface area contributed by atoms with E-state index in [-0.39, 0.29) is 23.5 Å². The fraction of sp³-hybridized carbons (Fsp3) is 0.294. The number of halogens is 3. The van der Waals surface area contributed by atoms with E-state index < -0.39 is 29.1 Å². The van der Waals surface area contributed by atoms with Gasteiger partial charge in [-0.25, -0.2) is 19.1 Å². The molecule has 0 atom stereocenters. The minimum atomic E-state index is -1.69. The molecule has 0 aromatic heterocycles. The first-order chi connectivity index (χ1) is 12.5. The van der Waals surface area contributed by atoms with Crippen LogP contribution in [0, 0.1) is 5.82 Å². The van der Waals surface area contributed by atoms with Gasteiger partial charge in [-0.15, -0.1) is 0 Å². The molecule has 1 amide bonds. The molecule has 0 bridgehead atoms. The third-order valence-electron chi connectivity index (χ3n) is 3.63. The fourth-order valence-corrected chi connectivity index (χ4v) is 2.41. The number of nitrogens with zero attached hydrogens (tertiary/aromatic N) is 1. The van der Waals surface area contributed by atoms with Crippen molar-refractivity contribution in [2.45, 2.75) is 19.4 Å². The number of hydrogen-bond acceptors (Lipinski definition) is 5. The Morgan fingerprint density at radius 2 is 2.00 bits per heavy atom. The van der Waals surface area contributed by atoms with Crippen molar-refractivity contribution in [3.8, 4) is 0 Å². The number of carboxylic acid groups (broad SMARTS) is 1. The van der Waals surface area contributed by atoms with Crippen LogP contribution in [0.1, 0.15) is 13.8 Å². The second kappa shape index (κ2) is 8.05. The third kappa shape index (κ3) is 5.04. The molecule has 1 aromatic rings. The fourth-order valence-electron chi connectivity index (χ4n) is 2.08. The quantitative estimate of drug-likeness (QED) is 0.583. The lowest BCUT2D eigenvalue weighted by molar-refractivity contribution is -0.173. The molecule has 1 aliphatic rings. The highest BCUT2D eigenvalue weighted by molar-refractivity contribution is 9.10. The van der Waals surface area contributed by atoms with Gasteiger partial charge in [-0.2, -0.15) is 0 Å². The number of amides is 1. The van der Waals surface area contributed by atoms with Crippen molar-refractivity contribution in [2.75, 3.05) is 18.9 Å². The molecule has 0 fully saturated rings. The molecule has 146 valence electrons. The number of hydrogen-bond donors (Lipinski definition) is 3. The summed E-state index contributed by atoms with van der Waals surface area (Å²) in [4.78, 5) is 29.8. The van der Waals surface area contributed by atoms with Gasteiger partial charge in [-0.1, -0.05) is 15.9 Å². The van der Waals surface area contributed by atoms with Gasteiger partial charge in [0.2, 0.25) is 0 Å². The largest absolute Gasteiger partial charge is 0.479 e. The van der Waals surface area contributed by atoms with Gasteiger partial charge in [-0.05, 0) is 32.0 Å². The van der Waals surface area contributed by atoms with Gasteiger partial charge < -0.3 is 15.3 Å². The molecule has 27 heavy (non-hydrogen) atoms. The SMILES string of the molecule is CN1C=C(C(=O)NOC(C)(C)C(=O)O)C(Nc2ccc(Br)cc2F)=C(F)C1. The Hall–Kier alpha value is -2.46. The number of rotatable bonds is 6. The van der Waals surface area contributed by atoms with Crippen LogP contribution in [0.2, 0.25) is 0 Å². The number of benzene rings is 1. The molecule has 7 nitrogen and oxygen atoms in total. The van der Waals surface area contributed by atoms with Gasteiger partial charge in [-0.3, -0.25) is 9.63 Å². The van der Waals surface area contributed by atoms with Crippen LogP contribution in [-0.2, 0) is 14.4 Å². The van der Waals surface area contributed by atoms with Gasteiger partial charge >= 0.3 is 5.97 Å². The molecule has 1 aliphatic heterocycles. The molecule has 1 heterocycles. The van der Waals surface area contributed by atoms with Crippen LogP contribution >= 0.6 is 15.9 Å². The highest BCUT2D eigenvalue weighted by Gasteiger charge is 2.32. The highest BCUT2D eigenvalue weighted by atomic mass is 79.9. The number of hydroxylamine groups is 1. The predicted octanol–water partition coefficient (Wildman–Crippen LogP) is 2.92. The summed E-state index contributed by atoms with van der Waals surface area (Å²) in [5, 5.41) is 11.6. The van der Waals surface area contributed by atoms with Crippen LogP contribution in [0.4, 0.5) is 14.5 Å². The first-order valence-electron chi connectivity index (χ1n) is 7.76. The highest BCUT2D eigenvalue weighted by Crippen LogP contribution is 2.27. The van der Waals surface area contributed by atoms with Crippen molar-refractivity contribution < 1.29 is 28.3 Å². The van der Waals surface area contributed by atoms with Gasteiger partial charge in [0.15, 0.2) is 5.60 Å². The van der Waals surface area contributed by atoms with E-state index in [0.29, 0.717) is 4.47 Å². The average molecular weight is 446 g/mol. The Bertz CT molecular complexity index is 839. The van der Waals surface area contributed by atoms with Crippen LogP contribution in [0.3, 0.4) is 0 Å². The number of carbonyl (C=O) groups excluding carboxylic acids is 1. The summed E-state index contributed by atoms with van der Waals surface area (Å²) in [5.41, 5.74) is -0.130. The van der Waals surface area contributed by atoms with E-state index in [1.807, 2.05) is 5.48 Å². The number of carboxylic acids is 1. The molecule has 1 aromatic carbocycles. The molecule has 0 aliphatic carbocycles. The predicted molar refractivity (Wildman–Crippen MR) is 97.5 cm³/mol. The lowest BCUT2D eigenvalue weighted by Gasteiger charge is -2.26. The van der Waals surface area contributed by atoms with Crippen LogP contribution in [0.15, 0.2) is 46.0 Å². The average Bonchev–Trinajstić information content (AvgIpc) is 2.56. The zero-order valence-electron chi connectivity index (χ0n) is 14.8. The van der Waals surface area contributed by atoms with E-state index in [2.05, 4.69) is 21.2 Å². The Balaban J connectivity index is 2.26. The maximum Gasteiger partial charge on any atom is 0.338 e. The second-order valence-electron chi connectivity index (χ2n) is 6.34. The molecular weight excluding hydrogens is 428 g/mol. The van der Waals surface area contributed by atoms with Crippen molar-refractivity contribution >= 4 is 33.5 Å². The van der Waals surface area contributed by atoms with E-state index in [1.165, 1.54) is 37.1 Å². The van der Waals surface area contributed by atoms with Crippen LogP contribution in [0.5, 0.6) is 0 Å². The summed E-state index contributed by atoms with van der Waals surface area (Å²) in [6.07, 6.45) is 1.34. The minimum absolute atomic E-state index is 0.0293. The summed E-state index contributed by atoms with van der Waals surface area (Å²) in [7, 11) is 1.55. The van der Waals surface area contributed by atoms with Crippen molar-refractivity contribution in [1.82, 2.24) is 10.4 Å². The smallest absolute Gasteiger partial charge is 0.338 e. The lowest BCUT2D eigenvalue weighted by atomic mass is 10.1. The summed E-state index contributed by atoms with van der Waals surface area (Å²) in [6, 6.07) is 4.13. The summed E-state index contributed by atoms with van der Waals surface area (Å²) >= 11 is 3.13. The number of anilines is 1. The number of nitrogens with one attached hydrogen (secondary N) is 2. The van der Waals surface area contributed by atoms with Gasteiger partial charge in [0.1, 0.15) is 11.6 Å². The van der Waals surface area contributed by atoms with E-state index in [4.69, 9.17) is 9.94 Å². The van der Waals surface area contributed by atoms with Crippen LogP contribution in [-0.4, -0.2) is 41.1 Å². The number of carbonyl (C=O) groups is 2. The van der Waals surface area contributed by atoms with Crippen molar-refractivity contribution in [3.05, 3.63) is 51.8 Å². The maximum atomic E-state index is 14.5. The standard InChI is InChI=1S/C17H18BrF2N3O4/c1-17(2,16(25)26)27-22-15(24)10-7-23(3)8-12(20)14(10)21-13-5-4-9(18)6-11(13)19/h4-7,21H,8H2,1-3H3,(H,22,24)(H,25,26). The molecule has 2 rings (SSSR count). The normalized spacial score (nSPS) is 14.7. The van der Waals surface area contributed by atoms with Crippen molar-refractivity contribution in [1.29, 1.82) is 0 Å². The van der Waals surface area contributed by atoms with E-state index in [1.54, 1.807) is 13.1 Å². The third-order valence-corrected chi connectivity index (χ3v) is 4.12. The zero-order valence-corrected chi connectivity index (χ0v) is 16.4. The number of likely N-dealkylation sites (N-methyl/N-ethyl adjacent to an activating group) is 1. The minimum Gasteiger partial charge on any atom is -0.479 e. The lowest BCUT2D eigenvalue weighted by Crippen LogP contribution is -2.43. The first-order valence-corrected chi connectivity index (χ1v) is 8.55. The molecule has 10 heteroatoms. The van der Waals surface area contributed by atoms with Crippen molar-refractivity contribution in [3.63, 3.8) is 0 Å². The molecular formula is C17H18BrF2N3O4. The summed E-state index contributed by atoms with van der Waals surface area (Å²) in [5.74, 6) is -3.52. The molecule has 0 radical (unpaired) electrons. The second-order valence-corrected chi connectivity index (χ2v) is 7.25. The Morgan fingerprint density at radius 3 is 2.59 bits per heavy atom. The molecule has 0 saturated heterocycles.